The Morgan fingerprint density at radius 3 is 1.95 bits per heavy atom. The third-order valence-electron chi connectivity index (χ3n) is 9.98. The summed E-state index contributed by atoms with van der Waals surface area (Å²) in [5, 5.41) is 27.5. The molecule has 5 aromatic rings. The van der Waals surface area contributed by atoms with Gasteiger partial charge < -0.3 is 24.4 Å². The topological polar surface area (TPSA) is 157 Å². The summed E-state index contributed by atoms with van der Waals surface area (Å²) in [5.74, 6) is -2.95. The lowest BCUT2D eigenvalue weighted by Crippen LogP contribution is -2.12. The Bertz CT molecular complexity index is 2410. The molecule has 0 saturated carbocycles. The van der Waals surface area contributed by atoms with Crippen LogP contribution < -0.4 is 0 Å². The van der Waals surface area contributed by atoms with E-state index in [-0.39, 0.29) is 24.4 Å². The Morgan fingerprint density at radius 2 is 1.42 bits per heavy atom. The van der Waals surface area contributed by atoms with Gasteiger partial charge in [0.05, 0.1) is 24.5 Å². The number of rotatable bonds is 12. The van der Waals surface area contributed by atoms with Gasteiger partial charge >= 0.3 is 17.9 Å². The molecule has 0 radical (unpaired) electrons. The predicted octanol–water partition coefficient (Wildman–Crippen LogP) is 10.3. The Labute approximate surface area is 358 Å². The summed E-state index contributed by atoms with van der Waals surface area (Å²) in [6, 6.07) is 28.1. The molecule has 4 aromatic carbocycles. The zero-order chi connectivity index (χ0) is 44.4. The van der Waals surface area contributed by atoms with Crippen molar-refractivity contribution >= 4 is 63.7 Å². The van der Waals surface area contributed by atoms with Gasteiger partial charge in [-0.25, -0.2) is 4.39 Å². The van der Waals surface area contributed by atoms with E-state index in [9.17, 15) is 28.1 Å². The number of aromatic nitrogens is 1. The van der Waals surface area contributed by atoms with E-state index in [2.05, 4.69) is 13.8 Å². The maximum absolute atomic E-state index is 13.7. The third kappa shape index (κ3) is 12.4. The highest BCUT2D eigenvalue weighted by molar-refractivity contribution is 7.90. The fourth-order valence-corrected chi connectivity index (χ4v) is 7.47. The Balaban J connectivity index is 0.000000205. The van der Waals surface area contributed by atoms with E-state index in [1.54, 1.807) is 80.2 Å². The number of carboxylic acid groups (broad SMARTS) is 3. The number of ketones is 1. The molecule has 12 heteroatoms. The van der Waals surface area contributed by atoms with E-state index in [1.165, 1.54) is 17.7 Å². The molecule has 314 valence electrons. The zero-order valence-electron chi connectivity index (χ0n) is 34.6. The number of aliphatic carboxylic acids is 3. The highest BCUT2D eigenvalue weighted by Crippen LogP contribution is 2.44. The van der Waals surface area contributed by atoms with Crippen molar-refractivity contribution in [2.75, 3.05) is 6.26 Å². The molecular formula is C48H49ClFNO8S. The summed E-state index contributed by atoms with van der Waals surface area (Å²) in [6.07, 6.45) is 4.37. The number of allylic oxidation sites excluding steroid dienone is 2. The van der Waals surface area contributed by atoms with Crippen LogP contribution in [0.15, 0.2) is 108 Å². The molecule has 1 aliphatic rings. The van der Waals surface area contributed by atoms with Gasteiger partial charge in [-0.3, -0.25) is 19.2 Å². The molecule has 2 unspecified atom stereocenters. The number of aryl methyl sites for hydroxylation is 1. The lowest BCUT2D eigenvalue weighted by Gasteiger charge is -2.09. The van der Waals surface area contributed by atoms with Crippen molar-refractivity contribution in [3.05, 3.63) is 164 Å². The minimum atomic E-state index is -1.04. The van der Waals surface area contributed by atoms with Crippen LogP contribution >= 0.6 is 11.6 Å². The van der Waals surface area contributed by atoms with Crippen LogP contribution in [0, 0.1) is 18.7 Å². The van der Waals surface area contributed by atoms with Crippen LogP contribution in [0.1, 0.15) is 95.2 Å². The van der Waals surface area contributed by atoms with Crippen LogP contribution in [0.2, 0.25) is 5.02 Å². The molecule has 1 aliphatic carbocycles. The second-order valence-electron chi connectivity index (χ2n) is 15.0. The molecular weight excluding hydrogens is 805 g/mol. The van der Waals surface area contributed by atoms with Crippen molar-refractivity contribution in [1.82, 2.24) is 4.57 Å². The molecule has 1 heterocycles. The maximum Gasteiger partial charge on any atom is 0.310 e. The van der Waals surface area contributed by atoms with Gasteiger partial charge in [0.25, 0.3) is 0 Å². The van der Waals surface area contributed by atoms with Crippen molar-refractivity contribution in [2.24, 2.45) is 13.0 Å². The molecule has 6 rings (SSSR count). The molecule has 0 amide bonds. The average molecular weight is 854 g/mol. The van der Waals surface area contributed by atoms with E-state index >= 15 is 0 Å². The van der Waals surface area contributed by atoms with Gasteiger partial charge in [0.1, 0.15) is 12.1 Å². The number of benzene rings is 4. The smallest absolute Gasteiger partial charge is 0.310 e. The lowest BCUT2D eigenvalue weighted by molar-refractivity contribution is -0.138. The normalized spacial score (nSPS) is 13.5. The highest BCUT2D eigenvalue weighted by Gasteiger charge is 2.26. The van der Waals surface area contributed by atoms with Crippen LogP contribution in [0.3, 0.4) is 0 Å². The molecule has 0 saturated heterocycles. The first kappa shape index (κ1) is 46.9. The van der Waals surface area contributed by atoms with E-state index in [1.807, 2.05) is 49.4 Å². The number of carbonyl (C=O) groups excluding carboxylic acids is 1. The standard InChI is InChI=1S/C20H17FO3S.C15H14ClNO3.C13H18O2/c1-12-17(9-13-3-6-15(7-4-13)25(2)24)16-8-5-14(21)10-19(16)18(12)11-20(22)23;1-9-7-12(8-13(18)19)17(2)14(9)15(20)10-3-5-11(16)6-4-10;1-9(2)8-11-4-6-12(7-5-11)10(3)13(14)15/h3-10H,11H2,1-2H3,(H,22,23);3-7H,8H2,1-2H3,(H,18,19);4-7,9-10H,8H2,1-3H3,(H,14,15)/b17-9-;;. The van der Waals surface area contributed by atoms with Gasteiger partial charge in [0.2, 0.25) is 5.78 Å². The Hall–Kier alpha value is -5.75. The minimum absolute atomic E-state index is 0.106. The average Bonchev–Trinajstić information content (AvgIpc) is 3.60. The van der Waals surface area contributed by atoms with Crippen LogP contribution in [-0.4, -0.2) is 54.4 Å². The first-order chi connectivity index (χ1) is 28.3. The number of carbonyl (C=O) groups is 4. The Morgan fingerprint density at radius 1 is 0.817 bits per heavy atom. The quantitative estimate of drug-likeness (QED) is 0.0827. The predicted molar refractivity (Wildman–Crippen MR) is 235 cm³/mol. The number of halogens is 2. The largest absolute Gasteiger partial charge is 0.612 e. The van der Waals surface area contributed by atoms with E-state index in [0.717, 1.165) is 44.7 Å². The molecule has 1 aromatic heterocycles. The summed E-state index contributed by atoms with van der Waals surface area (Å²) in [4.78, 5) is 46.0. The van der Waals surface area contributed by atoms with Gasteiger partial charge in [-0.2, -0.15) is 0 Å². The van der Waals surface area contributed by atoms with E-state index in [0.29, 0.717) is 39.0 Å². The van der Waals surface area contributed by atoms with Crippen molar-refractivity contribution in [2.45, 2.75) is 64.7 Å². The highest BCUT2D eigenvalue weighted by atomic mass is 35.5. The summed E-state index contributed by atoms with van der Waals surface area (Å²) in [5.41, 5.74) is 9.29. The first-order valence-electron chi connectivity index (χ1n) is 19.1. The number of hydrogen-bond donors (Lipinski definition) is 3. The first-order valence-corrected chi connectivity index (χ1v) is 21.1. The lowest BCUT2D eigenvalue weighted by atomic mass is 9.97. The van der Waals surface area contributed by atoms with Gasteiger partial charge in [0.15, 0.2) is 4.90 Å². The van der Waals surface area contributed by atoms with Crippen LogP contribution in [-0.2, 0) is 45.4 Å². The number of nitrogens with zero attached hydrogens (tertiary/aromatic N) is 1. The van der Waals surface area contributed by atoms with Crippen molar-refractivity contribution in [1.29, 1.82) is 0 Å². The Kier molecular flexibility index (Phi) is 16.4. The van der Waals surface area contributed by atoms with Gasteiger partial charge in [-0.15, -0.1) is 0 Å². The van der Waals surface area contributed by atoms with E-state index in [4.69, 9.17) is 26.9 Å². The number of carboxylic acids is 3. The fraction of sp³-hybridized carbons (Fsp3) is 0.250. The molecule has 0 spiro atoms. The minimum Gasteiger partial charge on any atom is -0.612 e. The van der Waals surface area contributed by atoms with E-state index < -0.39 is 35.0 Å². The van der Waals surface area contributed by atoms with Crippen molar-refractivity contribution in [3.63, 3.8) is 0 Å². The monoisotopic (exact) mass is 853 g/mol. The third-order valence-corrected chi connectivity index (χ3v) is 11.2. The summed E-state index contributed by atoms with van der Waals surface area (Å²) in [6.45, 7) is 9.72. The molecule has 2 atom stereocenters. The maximum atomic E-state index is 13.7. The van der Waals surface area contributed by atoms with Crippen molar-refractivity contribution < 1.29 is 43.4 Å². The van der Waals surface area contributed by atoms with Crippen LogP contribution in [0.25, 0.3) is 17.2 Å². The summed E-state index contributed by atoms with van der Waals surface area (Å²) in [7, 11) is 1.70. The molecule has 60 heavy (non-hydrogen) atoms. The van der Waals surface area contributed by atoms with Crippen molar-refractivity contribution in [3.8, 4) is 0 Å². The summed E-state index contributed by atoms with van der Waals surface area (Å²) >= 11 is 4.77. The molecule has 0 bridgehead atoms. The summed E-state index contributed by atoms with van der Waals surface area (Å²) < 4.78 is 26.8. The van der Waals surface area contributed by atoms with Gasteiger partial charge in [-0.05, 0) is 167 Å². The SMILES string of the molecule is CC(C)Cc1ccc(C(C)C(=O)O)cc1.CC1=C(CC(=O)O)c2cc(F)ccc2/C1=C\c1ccc([S+](C)[O-])cc1.Cc1cc(CC(=O)O)n(C)c1C(=O)c1ccc(Cl)cc1. The fourth-order valence-electron chi connectivity index (χ4n) is 6.83. The number of hydrogen-bond acceptors (Lipinski definition) is 5. The van der Waals surface area contributed by atoms with Crippen LogP contribution in [0.4, 0.5) is 4.39 Å². The number of fused-ring (bicyclic) bond motifs is 1. The zero-order valence-corrected chi connectivity index (χ0v) is 36.2. The molecule has 3 N–H and O–H groups in total. The van der Waals surface area contributed by atoms with Gasteiger partial charge in [0, 0.05) is 23.3 Å². The second-order valence-corrected chi connectivity index (χ2v) is 16.8. The van der Waals surface area contributed by atoms with Crippen LogP contribution in [0.5, 0.6) is 0 Å². The molecule has 0 aliphatic heterocycles. The second kappa shape index (κ2) is 21.0. The molecule has 0 fully saturated rings. The molecule has 9 nitrogen and oxygen atoms in total. The van der Waals surface area contributed by atoms with Gasteiger partial charge in [-0.1, -0.05) is 55.8 Å².